The first-order chi connectivity index (χ1) is 12.6. The Morgan fingerprint density at radius 1 is 1.15 bits per heavy atom. The molecule has 0 saturated heterocycles. The number of halogens is 1. The highest BCUT2D eigenvalue weighted by Gasteiger charge is 2.15. The Bertz CT molecular complexity index is 1160. The van der Waals surface area contributed by atoms with Crippen LogP contribution < -0.4 is 5.56 Å². The summed E-state index contributed by atoms with van der Waals surface area (Å²) in [7, 11) is 0. The Morgan fingerprint density at radius 3 is 2.77 bits per heavy atom. The van der Waals surface area contributed by atoms with Crippen LogP contribution in [0.5, 0.6) is 0 Å². The first kappa shape index (κ1) is 16.8. The maximum Gasteiger partial charge on any atom is 0.266 e. The van der Waals surface area contributed by atoms with E-state index in [1.807, 2.05) is 24.3 Å². The summed E-state index contributed by atoms with van der Waals surface area (Å²) in [6, 6.07) is 14.4. The van der Waals surface area contributed by atoms with Gasteiger partial charge in [0.25, 0.3) is 5.56 Å². The number of fused-ring (bicyclic) bond motifs is 1. The number of aryl methyl sites for hydroxylation is 1. The summed E-state index contributed by atoms with van der Waals surface area (Å²) in [6.07, 6.45) is 0. The SMILES string of the molecule is Cc1nnc(CSc2nc3ccccc3c(=O)n2-c2cccc(Cl)c2)o1. The van der Waals surface area contributed by atoms with Gasteiger partial charge in [0.05, 0.1) is 22.3 Å². The lowest BCUT2D eigenvalue weighted by atomic mass is 10.2. The fourth-order valence-corrected chi connectivity index (χ4v) is 3.61. The number of para-hydroxylation sites is 1. The first-order valence-electron chi connectivity index (χ1n) is 7.81. The predicted molar refractivity (Wildman–Crippen MR) is 101 cm³/mol. The minimum Gasteiger partial charge on any atom is -0.425 e. The summed E-state index contributed by atoms with van der Waals surface area (Å²) in [5.41, 5.74) is 1.15. The highest BCUT2D eigenvalue weighted by Crippen LogP contribution is 2.25. The van der Waals surface area contributed by atoms with Gasteiger partial charge in [-0.3, -0.25) is 9.36 Å². The zero-order valence-electron chi connectivity index (χ0n) is 13.7. The molecule has 0 fully saturated rings. The molecule has 0 aliphatic carbocycles. The largest absolute Gasteiger partial charge is 0.425 e. The second-order valence-electron chi connectivity index (χ2n) is 5.54. The molecule has 0 aliphatic heterocycles. The van der Waals surface area contributed by atoms with Crippen LogP contribution in [0.3, 0.4) is 0 Å². The molecule has 0 atom stereocenters. The number of nitrogens with zero attached hydrogens (tertiary/aromatic N) is 4. The van der Waals surface area contributed by atoms with E-state index < -0.39 is 0 Å². The molecule has 4 aromatic rings. The summed E-state index contributed by atoms with van der Waals surface area (Å²) in [4.78, 5) is 17.7. The van der Waals surface area contributed by atoms with Crippen LogP contribution in [-0.2, 0) is 5.75 Å². The maximum absolute atomic E-state index is 13.1. The average Bonchev–Trinajstić information content (AvgIpc) is 3.05. The molecule has 0 bridgehead atoms. The van der Waals surface area contributed by atoms with Gasteiger partial charge in [0.1, 0.15) is 0 Å². The van der Waals surface area contributed by atoms with Crippen LogP contribution in [0, 0.1) is 6.92 Å². The van der Waals surface area contributed by atoms with E-state index in [0.29, 0.717) is 44.3 Å². The minimum atomic E-state index is -0.151. The smallest absolute Gasteiger partial charge is 0.266 e. The van der Waals surface area contributed by atoms with Crippen LogP contribution in [0.2, 0.25) is 5.02 Å². The molecule has 0 aliphatic rings. The molecular formula is C18H13ClN4O2S. The molecule has 4 rings (SSSR count). The molecule has 0 saturated carbocycles. The summed E-state index contributed by atoms with van der Waals surface area (Å²) < 4.78 is 6.97. The summed E-state index contributed by atoms with van der Waals surface area (Å²) in [5.74, 6) is 1.39. The van der Waals surface area contributed by atoms with E-state index in [1.54, 1.807) is 35.8 Å². The molecule has 0 amide bonds. The van der Waals surface area contributed by atoms with Crippen molar-refractivity contribution in [3.8, 4) is 5.69 Å². The summed E-state index contributed by atoms with van der Waals surface area (Å²) in [5, 5.41) is 9.44. The van der Waals surface area contributed by atoms with Crippen LogP contribution in [0.25, 0.3) is 16.6 Å². The lowest BCUT2D eigenvalue weighted by Crippen LogP contribution is -2.21. The lowest BCUT2D eigenvalue weighted by Gasteiger charge is -2.12. The van der Waals surface area contributed by atoms with E-state index >= 15 is 0 Å². The van der Waals surface area contributed by atoms with Crippen molar-refractivity contribution >= 4 is 34.3 Å². The normalized spacial score (nSPS) is 11.2. The van der Waals surface area contributed by atoms with E-state index in [0.717, 1.165) is 0 Å². The number of thioether (sulfide) groups is 1. The number of hydrogen-bond acceptors (Lipinski definition) is 6. The Balaban J connectivity index is 1.86. The van der Waals surface area contributed by atoms with Crippen LogP contribution in [0.4, 0.5) is 0 Å². The van der Waals surface area contributed by atoms with Gasteiger partial charge in [0.15, 0.2) is 5.16 Å². The molecule has 130 valence electrons. The van der Waals surface area contributed by atoms with Crippen molar-refractivity contribution in [3.05, 3.63) is 75.7 Å². The molecule has 0 radical (unpaired) electrons. The molecule has 0 N–H and O–H groups in total. The van der Waals surface area contributed by atoms with Gasteiger partial charge in [0.2, 0.25) is 11.8 Å². The van der Waals surface area contributed by atoms with Crippen molar-refractivity contribution in [2.45, 2.75) is 17.8 Å². The fraction of sp³-hybridized carbons (Fsp3) is 0.111. The van der Waals surface area contributed by atoms with Gasteiger partial charge in [-0.15, -0.1) is 10.2 Å². The van der Waals surface area contributed by atoms with E-state index in [1.165, 1.54) is 11.8 Å². The number of aromatic nitrogens is 4. The minimum absolute atomic E-state index is 0.151. The first-order valence-corrected chi connectivity index (χ1v) is 9.18. The highest BCUT2D eigenvalue weighted by atomic mass is 35.5. The van der Waals surface area contributed by atoms with Gasteiger partial charge < -0.3 is 4.42 Å². The summed E-state index contributed by atoms with van der Waals surface area (Å²) >= 11 is 7.47. The zero-order chi connectivity index (χ0) is 18.1. The van der Waals surface area contributed by atoms with Crippen molar-refractivity contribution in [2.75, 3.05) is 0 Å². The number of benzene rings is 2. The topological polar surface area (TPSA) is 73.8 Å². The summed E-state index contributed by atoms with van der Waals surface area (Å²) in [6.45, 7) is 1.73. The van der Waals surface area contributed by atoms with Crippen molar-refractivity contribution in [1.29, 1.82) is 0 Å². The van der Waals surface area contributed by atoms with E-state index in [2.05, 4.69) is 15.2 Å². The van der Waals surface area contributed by atoms with Crippen molar-refractivity contribution in [2.24, 2.45) is 0 Å². The molecule has 2 heterocycles. The Labute approximate surface area is 157 Å². The molecule has 26 heavy (non-hydrogen) atoms. The van der Waals surface area contributed by atoms with Gasteiger partial charge in [-0.25, -0.2) is 4.98 Å². The standard InChI is InChI=1S/C18H13ClN4O2S/c1-11-21-22-16(25-11)10-26-18-20-15-8-3-2-7-14(15)17(24)23(18)13-6-4-5-12(19)9-13/h2-9H,10H2,1H3. The second kappa shape index (κ2) is 6.93. The monoisotopic (exact) mass is 384 g/mol. The average molecular weight is 385 g/mol. The van der Waals surface area contributed by atoms with E-state index in [4.69, 9.17) is 16.0 Å². The Hall–Kier alpha value is -2.64. The Morgan fingerprint density at radius 2 is 2.00 bits per heavy atom. The molecule has 0 unspecified atom stereocenters. The van der Waals surface area contributed by atoms with Crippen molar-refractivity contribution < 1.29 is 4.42 Å². The highest BCUT2D eigenvalue weighted by molar-refractivity contribution is 7.98. The predicted octanol–water partition coefficient (Wildman–Crippen LogP) is 4.02. The molecule has 2 aromatic heterocycles. The van der Waals surface area contributed by atoms with Crippen LogP contribution in [0.1, 0.15) is 11.8 Å². The molecule has 2 aromatic carbocycles. The van der Waals surface area contributed by atoms with E-state index in [9.17, 15) is 4.79 Å². The maximum atomic E-state index is 13.1. The number of rotatable bonds is 4. The van der Waals surface area contributed by atoms with Gasteiger partial charge >= 0.3 is 0 Å². The quantitative estimate of drug-likeness (QED) is 0.391. The molecule has 6 nitrogen and oxygen atoms in total. The van der Waals surface area contributed by atoms with Gasteiger partial charge in [-0.1, -0.05) is 41.6 Å². The molecule has 8 heteroatoms. The second-order valence-corrected chi connectivity index (χ2v) is 6.91. The number of hydrogen-bond donors (Lipinski definition) is 0. The molecular weight excluding hydrogens is 372 g/mol. The third kappa shape index (κ3) is 3.23. The van der Waals surface area contributed by atoms with Crippen molar-refractivity contribution in [3.63, 3.8) is 0 Å². The van der Waals surface area contributed by atoms with Gasteiger partial charge in [-0.05, 0) is 30.3 Å². The van der Waals surface area contributed by atoms with Crippen LogP contribution in [-0.4, -0.2) is 19.7 Å². The Kier molecular flexibility index (Phi) is 4.48. The van der Waals surface area contributed by atoms with E-state index in [-0.39, 0.29) is 5.56 Å². The van der Waals surface area contributed by atoms with Gasteiger partial charge in [0, 0.05) is 11.9 Å². The third-order valence-corrected chi connectivity index (χ3v) is 4.86. The fourth-order valence-electron chi connectivity index (χ4n) is 2.57. The van der Waals surface area contributed by atoms with Gasteiger partial charge in [-0.2, -0.15) is 0 Å². The van der Waals surface area contributed by atoms with Crippen LogP contribution >= 0.6 is 23.4 Å². The van der Waals surface area contributed by atoms with Crippen molar-refractivity contribution in [1.82, 2.24) is 19.7 Å². The lowest BCUT2D eigenvalue weighted by molar-refractivity contribution is 0.485. The van der Waals surface area contributed by atoms with Crippen LogP contribution in [0.15, 0.2) is 62.9 Å². The zero-order valence-corrected chi connectivity index (χ0v) is 15.3. The molecule has 0 spiro atoms. The third-order valence-electron chi connectivity index (χ3n) is 3.70.